The maximum Gasteiger partial charge on any atom is 0.336 e. The first-order valence-corrected chi connectivity index (χ1v) is 5.94. The van der Waals surface area contributed by atoms with Crippen molar-refractivity contribution in [1.82, 2.24) is 0 Å². The van der Waals surface area contributed by atoms with E-state index >= 15 is 0 Å². The molecule has 2 aromatic carbocycles. The second kappa shape index (κ2) is 6.40. The fourth-order valence-corrected chi connectivity index (χ4v) is 1.67. The van der Waals surface area contributed by atoms with Crippen LogP contribution in [0.5, 0.6) is 5.75 Å². The molecule has 3 heteroatoms. The number of rotatable bonds is 5. The Bertz CT molecular complexity index is 574. The highest BCUT2D eigenvalue weighted by atomic mass is 16.5. The normalized spacial score (nSPS) is 10.5. The lowest BCUT2D eigenvalue weighted by Crippen LogP contribution is -1.99. The zero-order chi connectivity index (χ0) is 13.5. The lowest BCUT2D eigenvalue weighted by molar-refractivity contribution is 0.0696. The van der Waals surface area contributed by atoms with Gasteiger partial charge in [0.05, 0.1) is 5.56 Å². The number of carboxylic acids is 1. The van der Waals surface area contributed by atoms with E-state index in [-0.39, 0.29) is 0 Å². The zero-order valence-electron chi connectivity index (χ0n) is 10.3. The van der Waals surface area contributed by atoms with Crippen LogP contribution in [0.1, 0.15) is 15.9 Å². The van der Waals surface area contributed by atoms with Gasteiger partial charge in [0.1, 0.15) is 12.4 Å². The number of benzene rings is 2. The molecule has 0 aliphatic carbocycles. The molecule has 0 fully saturated rings. The molecule has 0 saturated carbocycles. The van der Waals surface area contributed by atoms with Crippen LogP contribution in [0.4, 0.5) is 0 Å². The van der Waals surface area contributed by atoms with Crippen molar-refractivity contribution in [3.63, 3.8) is 0 Å². The SMILES string of the molecule is O=C(O)c1ccccc1C=CCOc1ccccc1. The summed E-state index contributed by atoms with van der Waals surface area (Å²) in [5.41, 5.74) is 0.963. The molecular weight excluding hydrogens is 240 g/mol. The van der Waals surface area contributed by atoms with Gasteiger partial charge < -0.3 is 9.84 Å². The van der Waals surface area contributed by atoms with Gasteiger partial charge in [0.2, 0.25) is 0 Å². The van der Waals surface area contributed by atoms with Crippen LogP contribution in [-0.4, -0.2) is 17.7 Å². The summed E-state index contributed by atoms with van der Waals surface area (Å²) < 4.78 is 5.49. The molecule has 2 rings (SSSR count). The smallest absolute Gasteiger partial charge is 0.336 e. The predicted molar refractivity (Wildman–Crippen MR) is 74.4 cm³/mol. The molecule has 0 bridgehead atoms. The Kier molecular flexibility index (Phi) is 4.34. The van der Waals surface area contributed by atoms with E-state index in [1.54, 1.807) is 30.4 Å². The van der Waals surface area contributed by atoms with Gasteiger partial charge in [0.15, 0.2) is 0 Å². The molecule has 3 nitrogen and oxygen atoms in total. The minimum absolute atomic E-state index is 0.290. The third-order valence-electron chi connectivity index (χ3n) is 2.58. The molecule has 19 heavy (non-hydrogen) atoms. The highest BCUT2D eigenvalue weighted by Crippen LogP contribution is 2.11. The first-order valence-electron chi connectivity index (χ1n) is 5.94. The summed E-state index contributed by atoms with van der Waals surface area (Å²) in [6.45, 7) is 0.401. The van der Waals surface area contributed by atoms with Crippen LogP contribution in [0.25, 0.3) is 6.08 Å². The first-order chi connectivity index (χ1) is 9.27. The number of ether oxygens (including phenoxy) is 1. The van der Waals surface area contributed by atoms with Gasteiger partial charge in [-0.1, -0.05) is 42.5 Å². The van der Waals surface area contributed by atoms with Crippen molar-refractivity contribution in [2.45, 2.75) is 0 Å². The monoisotopic (exact) mass is 254 g/mol. The Morgan fingerprint density at radius 2 is 1.74 bits per heavy atom. The summed E-state index contributed by atoms with van der Waals surface area (Å²) in [6, 6.07) is 16.3. The molecule has 2 aromatic rings. The van der Waals surface area contributed by atoms with Crippen molar-refractivity contribution in [3.8, 4) is 5.75 Å². The van der Waals surface area contributed by atoms with Crippen LogP contribution in [0.15, 0.2) is 60.7 Å². The molecule has 0 aliphatic rings. The molecule has 0 unspecified atom stereocenters. The van der Waals surface area contributed by atoms with E-state index in [0.29, 0.717) is 17.7 Å². The van der Waals surface area contributed by atoms with Gasteiger partial charge in [-0.25, -0.2) is 4.79 Å². The molecule has 0 heterocycles. The van der Waals surface area contributed by atoms with Crippen LogP contribution < -0.4 is 4.74 Å². The van der Waals surface area contributed by atoms with Gasteiger partial charge in [0.25, 0.3) is 0 Å². The Balaban J connectivity index is 1.98. The lowest BCUT2D eigenvalue weighted by Gasteiger charge is -2.02. The fraction of sp³-hybridized carbons (Fsp3) is 0.0625. The number of hydrogen-bond acceptors (Lipinski definition) is 2. The predicted octanol–water partition coefficient (Wildman–Crippen LogP) is 3.48. The van der Waals surface area contributed by atoms with E-state index in [1.165, 1.54) is 0 Å². The highest BCUT2D eigenvalue weighted by molar-refractivity contribution is 5.92. The van der Waals surface area contributed by atoms with Crippen molar-refractivity contribution in [2.24, 2.45) is 0 Å². The summed E-state index contributed by atoms with van der Waals surface area (Å²) in [4.78, 5) is 11.0. The maximum atomic E-state index is 11.0. The number of para-hydroxylation sites is 1. The highest BCUT2D eigenvalue weighted by Gasteiger charge is 2.05. The largest absolute Gasteiger partial charge is 0.490 e. The third-order valence-corrected chi connectivity index (χ3v) is 2.58. The van der Waals surface area contributed by atoms with Gasteiger partial charge in [0, 0.05) is 0 Å². The summed E-state index contributed by atoms with van der Waals surface area (Å²) in [5, 5.41) is 9.04. The quantitative estimate of drug-likeness (QED) is 0.888. The molecule has 0 saturated heterocycles. The van der Waals surface area contributed by atoms with Gasteiger partial charge >= 0.3 is 5.97 Å². The van der Waals surface area contributed by atoms with E-state index in [4.69, 9.17) is 9.84 Å². The molecule has 0 spiro atoms. The second-order valence-corrected chi connectivity index (χ2v) is 3.92. The Hall–Kier alpha value is -2.55. The zero-order valence-corrected chi connectivity index (χ0v) is 10.3. The minimum Gasteiger partial charge on any atom is -0.490 e. The van der Waals surface area contributed by atoms with Gasteiger partial charge in [-0.05, 0) is 29.8 Å². The standard InChI is InChI=1S/C16H14O3/c17-16(18)15-11-5-4-7-13(15)8-6-12-19-14-9-2-1-3-10-14/h1-11H,12H2,(H,17,18). The molecular formula is C16H14O3. The van der Waals surface area contributed by atoms with Crippen molar-refractivity contribution in [2.75, 3.05) is 6.61 Å². The first kappa shape index (κ1) is 12.9. The van der Waals surface area contributed by atoms with E-state index in [1.807, 2.05) is 36.4 Å². The molecule has 0 radical (unpaired) electrons. The maximum absolute atomic E-state index is 11.0. The molecule has 0 atom stereocenters. The van der Waals surface area contributed by atoms with Crippen molar-refractivity contribution >= 4 is 12.0 Å². The van der Waals surface area contributed by atoms with Gasteiger partial charge in [-0.2, -0.15) is 0 Å². The van der Waals surface area contributed by atoms with E-state index in [9.17, 15) is 4.79 Å². The van der Waals surface area contributed by atoms with Gasteiger partial charge in [-0.15, -0.1) is 0 Å². The fourth-order valence-electron chi connectivity index (χ4n) is 1.67. The number of aromatic carboxylic acids is 1. The van der Waals surface area contributed by atoms with E-state index < -0.39 is 5.97 Å². The molecule has 0 aromatic heterocycles. The topological polar surface area (TPSA) is 46.5 Å². The third kappa shape index (κ3) is 3.71. The van der Waals surface area contributed by atoms with Gasteiger partial charge in [-0.3, -0.25) is 0 Å². The summed E-state index contributed by atoms with van der Waals surface area (Å²) in [6.07, 6.45) is 3.56. The van der Waals surface area contributed by atoms with Crippen molar-refractivity contribution in [3.05, 3.63) is 71.8 Å². The van der Waals surface area contributed by atoms with E-state index in [2.05, 4.69) is 0 Å². The summed E-state index contributed by atoms with van der Waals surface area (Å²) in [5.74, 6) is -0.136. The van der Waals surface area contributed by atoms with E-state index in [0.717, 1.165) is 5.75 Å². The van der Waals surface area contributed by atoms with Crippen LogP contribution in [0, 0.1) is 0 Å². The molecule has 0 amide bonds. The van der Waals surface area contributed by atoms with Crippen LogP contribution in [0.3, 0.4) is 0 Å². The average molecular weight is 254 g/mol. The number of carbonyl (C=O) groups is 1. The second-order valence-electron chi connectivity index (χ2n) is 3.92. The number of hydrogen-bond donors (Lipinski definition) is 1. The van der Waals surface area contributed by atoms with Crippen LogP contribution in [0.2, 0.25) is 0 Å². The van der Waals surface area contributed by atoms with Crippen molar-refractivity contribution in [1.29, 1.82) is 0 Å². The Morgan fingerprint density at radius 1 is 1.05 bits per heavy atom. The summed E-state index contributed by atoms with van der Waals surface area (Å²) in [7, 11) is 0. The molecule has 1 N–H and O–H groups in total. The lowest BCUT2D eigenvalue weighted by atomic mass is 10.1. The van der Waals surface area contributed by atoms with Crippen LogP contribution in [-0.2, 0) is 0 Å². The van der Waals surface area contributed by atoms with Crippen molar-refractivity contribution < 1.29 is 14.6 Å². The summed E-state index contributed by atoms with van der Waals surface area (Å²) >= 11 is 0. The number of carboxylic acid groups (broad SMARTS) is 1. The molecule has 96 valence electrons. The average Bonchev–Trinajstić information content (AvgIpc) is 2.45. The van der Waals surface area contributed by atoms with Crippen LogP contribution >= 0.6 is 0 Å². The Morgan fingerprint density at radius 3 is 2.47 bits per heavy atom. The minimum atomic E-state index is -0.927. The molecule has 0 aliphatic heterocycles. The Labute approximate surface area is 111 Å².